The molecule has 0 amide bonds. The number of aromatic nitrogens is 2. The first-order chi connectivity index (χ1) is 5.17. The second kappa shape index (κ2) is 2.96. The molecule has 0 aliphatic heterocycles. The molecular weight excluding hydrogens is 138 g/mol. The molecule has 0 saturated carbocycles. The van der Waals surface area contributed by atoms with E-state index in [9.17, 15) is 0 Å². The molecule has 1 aromatic rings. The van der Waals surface area contributed by atoms with Crippen molar-refractivity contribution in [1.29, 1.82) is 0 Å². The number of nitrogens with two attached hydrogens (primary N) is 1. The quantitative estimate of drug-likeness (QED) is 0.677. The fourth-order valence-corrected chi connectivity index (χ4v) is 0.796. The van der Waals surface area contributed by atoms with Gasteiger partial charge in [-0.05, 0) is 6.07 Å². The fourth-order valence-electron chi connectivity index (χ4n) is 0.796. The van der Waals surface area contributed by atoms with Gasteiger partial charge in [0, 0.05) is 18.2 Å². The average Bonchev–Trinajstić information content (AvgIpc) is 2.06. The topological polar surface area (TPSA) is 51.8 Å². The van der Waals surface area contributed by atoms with E-state index in [0.717, 1.165) is 5.69 Å². The number of nitrogens with zero attached hydrogens (tertiary/aromatic N) is 2. The number of hydrogen-bond acceptors (Lipinski definition) is 3. The Labute approximate surface area is 66.7 Å². The highest BCUT2D eigenvalue weighted by molar-refractivity contribution is 5.11. The van der Waals surface area contributed by atoms with Crippen LogP contribution < -0.4 is 5.73 Å². The average molecular weight is 151 g/mol. The lowest BCUT2D eigenvalue weighted by atomic mass is 9.89. The van der Waals surface area contributed by atoms with Gasteiger partial charge in [-0.1, -0.05) is 13.8 Å². The first-order valence-electron chi connectivity index (χ1n) is 3.63. The van der Waals surface area contributed by atoms with Crippen molar-refractivity contribution >= 4 is 0 Å². The van der Waals surface area contributed by atoms with Gasteiger partial charge in [-0.25, -0.2) is 9.97 Å². The highest BCUT2D eigenvalue weighted by Crippen LogP contribution is 2.17. The molecule has 0 saturated heterocycles. The standard InChI is InChI=1S/C8H13N3/c1-8(2,5-9)7-3-4-10-6-11-7/h3-4,6H,5,9H2,1-2H3. The monoisotopic (exact) mass is 151 g/mol. The number of hydrogen-bond donors (Lipinski definition) is 1. The Bertz CT molecular complexity index is 218. The van der Waals surface area contributed by atoms with Gasteiger partial charge in [0.05, 0.1) is 5.69 Å². The van der Waals surface area contributed by atoms with Gasteiger partial charge < -0.3 is 5.73 Å². The Kier molecular flexibility index (Phi) is 2.19. The van der Waals surface area contributed by atoms with E-state index in [1.807, 2.05) is 6.07 Å². The smallest absolute Gasteiger partial charge is 0.115 e. The van der Waals surface area contributed by atoms with Crippen LogP contribution in [0.3, 0.4) is 0 Å². The summed E-state index contributed by atoms with van der Waals surface area (Å²) in [4.78, 5) is 7.97. The number of rotatable bonds is 2. The van der Waals surface area contributed by atoms with Crippen LogP contribution in [-0.2, 0) is 5.41 Å². The van der Waals surface area contributed by atoms with Crippen LogP contribution in [0.15, 0.2) is 18.6 Å². The maximum absolute atomic E-state index is 5.58. The van der Waals surface area contributed by atoms with Crippen molar-refractivity contribution in [2.24, 2.45) is 5.73 Å². The Morgan fingerprint density at radius 3 is 2.73 bits per heavy atom. The van der Waals surface area contributed by atoms with E-state index in [4.69, 9.17) is 5.73 Å². The zero-order valence-electron chi connectivity index (χ0n) is 6.91. The SMILES string of the molecule is CC(C)(CN)c1ccncn1. The van der Waals surface area contributed by atoms with E-state index in [0.29, 0.717) is 6.54 Å². The molecule has 60 valence electrons. The highest BCUT2D eigenvalue weighted by atomic mass is 14.8. The molecule has 0 bridgehead atoms. The van der Waals surface area contributed by atoms with Crippen molar-refractivity contribution < 1.29 is 0 Å². The van der Waals surface area contributed by atoms with E-state index in [1.54, 1.807) is 12.5 Å². The molecule has 3 heteroatoms. The third-order valence-corrected chi connectivity index (χ3v) is 1.79. The maximum atomic E-state index is 5.58. The largest absolute Gasteiger partial charge is 0.330 e. The van der Waals surface area contributed by atoms with Crippen LogP contribution >= 0.6 is 0 Å². The molecule has 0 fully saturated rings. The normalized spacial score (nSPS) is 11.5. The Morgan fingerprint density at radius 2 is 2.27 bits per heavy atom. The van der Waals surface area contributed by atoms with Crippen LogP contribution in [0.4, 0.5) is 0 Å². The molecule has 11 heavy (non-hydrogen) atoms. The third-order valence-electron chi connectivity index (χ3n) is 1.79. The molecule has 1 rings (SSSR count). The highest BCUT2D eigenvalue weighted by Gasteiger charge is 2.19. The lowest BCUT2D eigenvalue weighted by Crippen LogP contribution is -2.29. The molecule has 1 aromatic heterocycles. The minimum absolute atomic E-state index is 0.0388. The molecule has 2 N–H and O–H groups in total. The lowest BCUT2D eigenvalue weighted by Gasteiger charge is -2.20. The van der Waals surface area contributed by atoms with E-state index in [-0.39, 0.29) is 5.41 Å². The van der Waals surface area contributed by atoms with Crippen LogP contribution in [0.2, 0.25) is 0 Å². The summed E-state index contributed by atoms with van der Waals surface area (Å²) in [5, 5.41) is 0. The second-order valence-corrected chi connectivity index (χ2v) is 3.18. The molecule has 0 unspecified atom stereocenters. The van der Waals surface area contributed by atoms with Crippen LogP contribution in [0.1, 0.15) is 19.5 Å². The zero-order chi connectivity index (χ0) is 8.32. The molecule has 1 heterocycles. The first kappa shape index (κ1) is 8.14. The van der Waals surface area contributed by atoms with E-state index in [2.05, 4.69) is 23.8 Å². The summed E-state index contributed by atoms with van der Waals surface area (Å²) < 4.78 is 0. The summed E-state index contributed by atoms with van der Waals surface area (Å²) in [6.07, 6.45) is 3.28. The van der Waals surface area contributed by atoms with Gasteiger partial charge in [0.15, 0.2) is 0 Å². The van der Waals surface area contributed by atoms with Gasteiger partial charge in [0.25, 0.3) is 0 Å². The zero-order valence-corrected chi connectivity index (χ0v) is 6.91. The third kappa shape index (κ3) is 1.74. The minimum Gasteiger partial charge on any atom is -0.330 e. The summed E-state index contributed by atoms with van der Waals surface area (Å²) in [6, 6.07) is 1.90. The predicted molar refractivity (Wildman–Crippen MR) is 44.1 cm³/mol. The maximum Gasteiger partial charge on any atom is 0.115 e. The molecular formula is C8H13N3. The second-order valence-electron chi connectivity index (χ2n) is 3.18. The molecule has 0 atom stereocenters. The van der Waals surface area contributed by atoms with Gasteiger partial charge in [-0.15, -0.1) is 0 Å². The summed E-state index contributed by atoms with van der Waals surface area (Å²) >= 11 is 0. The van der Waals surface area contributed by atoms with Gasteiger partial charge in [-0.2, -0.15) is 0 Å². The molecule has 3 nitrogen and oxygen atoms in total. The van der Waals surface area contributed by atoms with Gasteiger partial charge >= 0.3 is 0 Å². The Morgan fingerprint density at radius 1 is 1.55 bits per heavy atom. The Hall–Kier alpha value is -0.960. The van der Waals surface area contributed by atoms with Crippen molar-refractivity contribution in [2.75, 3.05) is 6.54 Å². The Balaban J connectivity index is 2.93. The molecule has 0 spiro atoms. The van der Waals surface area contributed by atoms with Crippen LogP contribution in [0.25, 0.3) is 0 Å². The molecule has 0 aliphatic carbocycles. The fraction of sp³-hybridized carbons (Fsp3) is 0.500. The molecule has 0 radical (unpaired) electrons. The predicted octanol–water partition coefficient (Wildman–Crippen LogP) is 0.713. The summed E-state index contributed by atoms with van der Waals surface area (Å²) in [5.74, 6) is 0. The van der Waals surface area contributed by atoms with E-state index >= 15 is 0 Å². The van der Waals surface area contributed by atoms with Gasteiger partial charge in [-0.3, -0.25) is 0 Å². The van der Waals surface area contributed by atoms with Crippen molar-refractivity contribution in [1.82, 2.24) is 9.97 Å². The van der Waals surface area contributed by atoms with Gasteiger partial charge in [0.1, 0.15) is 6.33 Å². The molecule has 0 aromatic carbocycles. The first-order valence-corrected chi connectivity index (χ1v) is 3.63. The summed E-state index contributed by atoms with van der Waals surface area (Å²) in [6.45, 7) is 4.73. The lowest BCUT2D eigenvalue weighted by molar-refractivity contribution is 0.520. The molecule has 0 aliphatic rings. The summed E-state index contributed by atoms with van der Waals surface area (Å²) in [5.41, 5.74) is 6.53. The minimum atomic E-state index is -0.0388. The van der Waals surface area contributed by atoms with Gasteiger partial charge in [0.2, 0.25) is 0 Å². The van der Waals surface area contributed by atoms with Crippen LogP contribution in [0, 0.1) is 0 Å². The van der Waals surface area contributed by atoms with Crippen LogP contribution in [0.5, 0.6) is 0 Å². The van der Waals surface area contributed by atoms with Crippen molar-refractivity contribution in [3.8, 4) is 0 Å². The van der Waals surface area contributed by atoms with Crippen molar-refractivity contribution in [3.05, 3.63) is 24.3 Å². The van der Waals surface area contributed by atoms with Crippen LogP contribution in [-0.4, -0.2) is 16.5 Å². The summed E-state index contributed by atoms with van der Waals surface area (Å²) in [7, 11) is 0. The van der Waals surface area contributed by atoms with E-state index < -0.39 is 0 Å². The van der Waals surface area contributed by atoms with Crippen molar-refractivity contribution in [3.63, 3.8) is 0 Å². The van der Waals surface area contributed by atoms with E-state index in [1.165, 1.54) is 0 Å². The van der Waals surface area contributed by atoms with Crippen molar-refractivity contribution in [2.45, 2.75) is 19.3 Å².